The number of amides is 1. The minimum absolute atomic E-state index is 0.0407. The van der Waals surface area contributed by atoms with E-state index in [0.29, 0.717) is 12.1 Å². The van der Waals surface area contributed by atoms with E-state index in [-0.39, 0.29) is 16.6 Å². The largest absolute Gasteiger partial charge is 0.497 e. The molecule has 0 atom stereocenters. The second-order valence-electron chi connectivity index (χ2n) is 6.10. The van der Waals surface area contributed by atoms with Crippen LogP contribution in [0.3, 0.4) is 0 Å². The minimum atomic E-state index is -3.67. The number of ether oxygens (including phenoxy) is 2. The number of sulfonamides is 1. The summed E-state index contributed by atoms with van der Waals surface area (Å²) >= 11 is 0. The van der Waals surface area contributed by atoms with Gasteiger partial charge in [-0.1, -0.05) is 18.2 Å². The molecule has 0 aromatic heterocycles. The number of carbonyl (C=O) groups is 1. The fourth-order valence-electron chi connectivity index (χ4n) is 2.40. The standard InChI is InChI=1S/C20H24N2O5S/c1-22(2)28(24,25)19-13-15(8-10-18(19)27-4)9-11-20(23)21-14-16-6-5-7-17(12-16)26-3/h5-13H,14H2,1-4H3,(H,21,23)/b11-9+. The SMILES string of the molecule is COc1cccc(CNC(=O)/C=C/c2ccc(OC)c(S(=O)(=O)N(C)C)c2)c1. The Hall–Kier alpha value is -2.84. The fraction of sp³-hybridized carbons (Fsp3) is 0.250. The van der Waals surface area contributed by atoms with Crippen molar-refractivity contribution in [2.24, 2.45) is 0 Å². The van der Waals surface area contributed by atoms with Crippen LogP contribution in [0.1, 0.15) is 11.1 Å². The molecule has 7 nitrogen and oxygen atoms in total. The molecular weight excluding hydrogens is 380 g/mol. The zero-order valence-corrected chi connectivity index (χ0v) is 17.1. The molecule has 0 unspecified atom stereocenters. The van der Waals surface area contributed by atoms with Crippen LogP contribution in [0.5, 0.6) is 11.5 Å². The van der Waals surface area contributed by atoms with E-state index in [1.807, 2.05) is 24.3 Å². The Labute approximate surface area is 165 Å². The first-order valence-corrected chi connectivity index (χ1v) is 9.91. The summed E-state index contributed by atoms with van der Waals surface area (Å²) in [4.78, 5) is 12.1. The monoisotopic (exact) mass is 404 g/mol. The second-order valence-corrected chi connectivity index (χ2v) is 8.22. The molecule has 0 aliphatic heterocycles. The smallest absolute Gasteiger partial charge is 0.246 e. The molecule has 28 heavy (non-hydrogen) atoms. The first-order valence-electron chi connectivity index (χ1n) is 8.47. The lowest BCUT2D eigenvalue weighted by molar-refractivity contribution is -0.116. The van der Waals surface area contributed by atoms with Crippen LogP contribution in [0.2, 0.25) is 0 Å². The molecule has 0 radical (unpaired) electrons. The first kappa shape index (κ1) is 21.5. The molecule has 0 spiro atoms. The summed E-state index contributed by atoms with van der Waals surface area (Å²) in [6.45, 7) is 0.350. The second kappa shape index (κ2) is 9.38. The van der Waals surface area contributed by atoms with Gasteiger partial charge in [-0.2, -0.15) is 0 Å². The predicted molar refractivity (Wildman–Crippen MR) is 108 cm³/mol. The molecule has 0 aliphatic carbocycles. The first-order chi connectivity index (χ1) is 13.3. The molecule has 1 amide bonds. The quantitative estimate of drug-likeness (QED) is 0.683. The van der Waals surface area contributed by atoms with Crippen molar-refractivity contribution in [2.75, 3.05) is 28.3 Å². The number of methoxy groups -OCH3 is 2. The molecule has 1 N–H and O–H groups in total. The van der Waals surface area contributed by atoms with Crippen LogP contribution >= 0.6 is 0 Å². The van der Waals surface area contributed by atoms with Crippen molar-refractivity contribution < 1.29 is 22.7 Å². The number of nitrogens with one attached hydrogen (secondary N) is 1. The van der Waals surface area contributed by atoms with E-state index >= 15 is 0 Å². The van der Waals surface area contributed by atoms with Crippen LogP contribution in [0.25, 0.3) is 6.08 Å². The number of carbonyl (C=O) groups excluding carboxylic acids is 1. The summed E-state index contributed by atoms with van der Waals surface area (Å²) in [5.41, 5.74) is 1.47. The molecule has 8 heteroatoms. The summed E-state index contributed by atoms with van der Waals surface area (Å²) in [5.74, 6) is 0.666. The molecule has 0 bridgehead atoms. The van der Waals surface area contributed by atoms with E-state index in [4.69, 9.17) is 9.47 Å². The van der Waals surface area contributed by atoms with Gasteiger partial charge in [0, 0.05) is 26.7 Å². The summed E-state index contributed by atoms with van der Waals surface area (Å²) in [6.07, 6.45) is 2.91. The van der Waals surface area contributed by atoms with Crippen LogP contribution in [-0.2, 0) is 21.4 Å². The highest BCUT2D eigenvalue weighted by Gasteiger charge is 2.22. The van der Waals surface area contributed by atoms with Crippen molar-refractivity contribution >= 4 is 22.0 Å². The molecule has 0 fully saturated rings. The van der Waals surface area contributed by atoms with Gasteiger partial charge in [-0.15, -0.1) is 0 Å². The Balaban J connectivity index is 2.11. The van der Waals surface area contributed by atoms with Crippen molar-refractivity contribution in [1.82, 2.24) is 9.62 Å². The normalized spacial score (nSPS) is 11.6. The summed E-state index contributed by atoms with van der Waals surface area (Å²) < 4.78 is 36.3. The zero-order valence-electron chi connectivity index (χ0n) is 16.3. The zero-order chi connectivity index (χ0) is 20.7. The van der Waals surface area contributed by atoms with E-state index < -0.39 is 10.0 Å². The fourth-order valence-corrected chi connectivity index (χ4v) is 3.48. The number of nitrogens with zero attached hydrogens (tertiary/aromatic N) is 1. The number of benzene rings is 2. The van der Waals surface area contributed by atoms with Crippen molar-refractivity contribution in [3.63, 3.8) is 0 Å². The van der Waals surface area contributed by atoms with Gasteiger partial charge in [0.25, 0.3) is 0 Å². The lowest BCUT2D eigenvalue weighted by Crippen LogP contribution is -2.22. The van der Waals surface area contributed by atoms with E-state index in [1.54, 1.807) is 25.3 Å². The van der Waals surface area contributed by atoms with Gasteiger partial charge in [0.15, 0.2) is 0 Å². The number of hydrogen-bond acceptors (Lipinski definition) is 5. The Morgan fingerprint density at radius 3 is 2.50 bits per heavy atom. The summed E-state index contributed by atoms with van der Waals surface area (Å²) in [6, 6.07) is 12.1. The highest BCUT2D eigenvalue weighted by molar-refractivity contribution is 7.89. The molecule has 0 saturated carbocycles. The van der Waals surface area contributed by atoms with Crippen LogP contribution in [-0.4, -0.2) is 46.9 Å². The topological polar surface area (TPSA) is 84.9 Å². The molecule has 0 aliphatic rings. The Bertz CT molecular complexity index is 968. The van der Waals surface area contributed by atoms with Crippen LogP contribution in [0.4, 0.5) is 0 Å². The van der Waals surface area contributed by atoms with Crippen molar-refractivity contribution in [3.8, 4) is 11.5 Å². The molecule has 0 heterocycles. The van der Waals surface area contributed by atoms with Crippen LogP contribution in [0.15, 0.2) is 53.4 Å². The highest BCUT2D eigenvalue weighted by Crippen LogP contribution is 2.27. The van der Waals surface area contributed by atoms with Gasteiger partial charge < -0.3 is 14.8 Å². The van der Waals surface area contributed by atoms with Gasteiger partial charge in [-0.25, -0.2) is 12.7 Å². The van der Waals surface area contributed by atoms with Gasteiger partial charge in [-0.05, 0) is 41.5 Å². The van der Waals surface area contributed by atoms with E-state index in [2.05, 4.69) is 5.32 Å². The van der Waals surface area contributed by atoms with Crippen LogP contribution in [0, 0.1) is 0 Å². The Kier molecular flexibility index (Phi) is 7.19. The third kappa shape index (κ3) is 5.34. The lowest BCUT2D eigenvalue weighted by atomic mass is 10.2. The van der Waals surface area contributed by atoms with Crippen molar-refractivity contribution in [3.05, 3.63) is 59.7 Å². The molecule has 2 aromatic rings. The maximum absolute atomic E-state index is 12.4. The highest BCUT2D eigenvalue weighted by atomic mass is 32.2. The predicted octanol–water partition coefficient (Wildman–Crippen LogP) is 2.28. The van der Waals surface area contributed by atoms with Crippen molar-refractivity contribution in [1.29, 1.82) is 0 Å². The maximum Gasteiger partial charge on any atom is 0.246 e. The summed E-state index contributed by atoms with van der Waals surface area (Å²) in [7, 11) is 2.22. The van der Waals surface area contributed by atoms with Gasteiger partial charge in [-0.3, -0.25) is 4.79 Å². The number of hydrogen-bond donors (Lipinski definition) is 1. The van der Waals surface area contributed by atoms with E-state index in [1.165, 1.54) is 33.3 Å². The lowest BCUT2D eigenvalue weighted by Gasteiger charge is -2.15. The van der Waals surface area contributed by atoms with Gasteiger partial charge in [0.1, 0.15) is 16.4 Å². The van der Waals surface area contributed by atoms with E-state index in [0.717, 1.165) is 15.6 Å². The Morgan fingerprint density at radius 2 is 1.86 bits per heavy atom. The van der Waals surface area contributed by atoms with E-state index in [9.17, 15) is 13.2 Å². The van der Waals surface area contributed by atoms with Gasteiger partial charge in [0.2, 0.25) is 15.9 Å². The third-order valence-electron chi connectivity index (χ3n) is 3.97. The third-order valence-corrected chi connectivity index (χ3v) is 5.81. The molecule has 0 saturated heterocycles. The van der Waals surface area contributed by atoms with Crippen LogP contribution < -0.4 is 14.8 Å². The molecule has 2 aromatic carbocycles. The minimum Gasteiger partial charge on any atom is -0.497 e. The summed E-state index contributed by atoms with van der Waals surface area (Å²) in [5, 5.41) is 2.77. The van der Waals surface area contributed by atoms with Crippen molar-refractivity contribution in [2.45, 2.75) is 11.4 Å². The Morgan fingerprint density at radius 1 is 1.11 bits per heavy atom. The molecular formula is C20H24N2O5S. The molecule has 2 rings (SSSR count). The average molecular weight is 404 g/mol. The molecule has 150 valence electrons. The van der Waals surface area contributed by atoms with Gasteiger partial charge in [0.05, 0.1) is 14.2 Å². The number of rotatable bonds is 8. The average Bonchev–Trinajstić information content (AvgIpc) is 2.70. The maximum atomic E-state index is 12.4. The van der Waals surface area contributed by atoms with Gasteiger partial charge >= 0.3 is 0 Å².